The van der Waals surface area contributed by atoms with Crippen molar-refractivity contribution in [3.63, 3.8) is 0 Å². The van der Waals surface area contributed by atoms with Crippen LogP contribution >= 0.6 is 0 Å². The Kier molecular flexibility index (Phi) is 6.01. The molecule has 0 saturated heterocycles. The van der Waals surface area contributed by atoms with Gasteiger partial charge in [-0.3, -0.25) is 19.7 Å². The van der Waals surface area contributed by atoms with Gasteiger partial charge in [0.2, 0.25) is 5.91 Å². The third kappa shape index (κ3) is 4.95. The molecule has 1 unspecified atom stereocenters. The van der Waals surface area contributed by atoms with Crippen LogP contribution in [0.1, 0.15) is 23.2 Å². The summed E-state index contributed by atoms with van der Waals surface area (Å²) in [6.07, 6.45) is -0.374. The molecule has 0 fully saturated rings. The van der Waals surface area contributed by atoms with E-state index in [0.29, 0.717) is 0 Å². The van der Waals surface area contributed by atoms with Crippen LogP contribution in [0.25, 0.3) is 0 Å². The number of ether oxygens (including phenoxy) is 1. The zero-order valence-corrected chi connectivity index (χ0v) is 12.1. The smallest absolute Gasteiger partial charge is 0.326 e. The summed E-state index contributed by atoms with van der Waals surface area (Å²) in [5, 5.41) is 22.0. The maximum atomic E-state index is 12.0. The average Bonchev–Trinajstić information content (AvgIpc) is 2.49. The van der Waals surface area contributed by atoms with E-state index in [-0.39, 0.29) is 29.8 Å². The number of nitrogens with one attached hydrogen (secondary N) is 1. The third-order valence-corrected chi connectivity index (χ3v) is 2.92. The Bertz CT molecular complexity index is 644. The summed E-state index contributed by atoms with van der Waals surface area (Å²) in [7, 11) is 1.21. The van der Waals surface area contributed by atoms with Crippen LogP contribution in [0.5, 0.6) is 5.75 Å². The first-order valence-electron chi connectivity index (χ1n) is 6.40. The fraction of sp³-hybridized carbons (Fsp3) is 0.308. The van der Waals surface area contributed by atoms with Crippen molar-refractivity contribution in [3.05, 3.63) is 33.9 Å². The van der Waals surface area contributed by atoms with Crippen LogP contribution in [0.3, 0.4) is 0 Å². The van der Waals surface area contributed by atoms with E-state index in [1.165, 1.54) is 13.2 Å². The van der Waals surface area contributed by atoms with Crippen LogP contribution < -0.4 is 15.8 Å². The van der Waals surface area contributed by atoms with Gasteiger partial charge in [0.15, 0.2) is 5.75 Å². The van der Waals surface area contributed by atoms with Crippen molar-refractivity contribution in [1.82, 2.24) is 5.32 Å². The van der Waals surface area contributed by atoms with E-state index in [9.17, 15) is 24.5 Å². The van der Waals surface area contributed by atoms with Crippen LogP contribution in [0.4, 0.5) is 5.69 Å². The normalized spacial score (nSPS) is 11.3. The van der Waals surface area contributed by atoms with Crippen molar-refractivity contribution in [2.75, 3.05) is 7.11 Å². The van der Waals surface area contributed by atoms with E-state index < -0.39 is 28.7 Å². The Morgan fingerprint density at radius 3 is 2.57 bits per heavy atom. The first-order valence-corrected chi connectivity index (χ1v) is 6.40. The number of aliphatic carboxylic acids is 1. The highest BCUT2D eigenvalue weighted by Crippen LogP contribution is 2.27. The second-order valence-electron chi connectivity index (χ2n) is 4.51. The van der Waals surface area contributed by atoms with E-state index in [1.54, 1.807) is 0 Å². The second-order valence-corrected chi connectivity index (χ2v) is 4.51. The van der Waals surface area contributed by atoms with Crippen molar-refractivity contribution < 1.29 is 29.2 Å². The molecular formula is C13H15N3O7. The van der Waals surface area contributed by atoms with E-state index in [2.05, 4.69) is 5.32 Å². The molecule has 0 bridgehead atoms. The van der Waals surface area contributed by atoms with Gasteiger partial charge in [0, 0.05) is 24.1 Å². The Morgan fingerprint density at radius 2 is 2.09 bits per heavy atom. The maximum Gasteiger partial charge on any atom is 0.326 e. The Labute approximate surface area is 130 Å². The lowest BCUT2D eigenvalue weighted by Gasteiger charge is -2.14. The van der Waals surface area contributed by atoms with Crippen molar-refractivity contribution in [2.45, 2.75) is 18.9 Å². The highest BCUT2D eigenvalue weighted by Gasteiger charge is 2.23. The number of amides is 2. The predicted octanol–water partition coefficient (Wildman–Crippen LogP) is 0.0519. The van der Waals surface area contributed by atoms with Gasteiger partial charge in [-0.15, -0.1) is 0 Å². The van der Waals surface area contributed by atoms with Crippen molar-refractivity contribution in [1.29, 1.82) is 0 Å². The lowest BCUT2D eigenvalue weighted by molar-refractivity contribution is -0.385. The number of nitrogens with zero attached hydrogens (tertiary/aromatic N) is 1. The van der Waals surface area contributed by atoms with E-state index in [4.69, 9.17) is 15.6 Å². The minimum atomic E-state index is -1.33. The zero-order valence-electron chi connectivity index (χ0n) is 12.1. The van der Waals surface area contributed by atoms with Crippen LogP contribution in [-0.4, -0.2) is 41.0 Å². The summed E-state index contributed by atoms with van der Waals surface area (Å²) in [6, 6.07) is 2.06. The number of nitrogens with two attached hydrogens (primary N) is 1. The fourth-order valence-corrected chi connectivity index (χ4v) is 1.76. The van der Waals surface area contributed by atoms with Crippen LogP contribution in [0.2, 0.25) is 0 Å². The van der Waals surface area contributed by atoms with E-state index in [1.807, 2.05) is 0 Å². The topological polar surface area (TPSA) is 162 Å². The Balaban J connectivity index is 2.93. The molecule has 10 heteroatoms. The summed E-state index contributed by atoms with van der Waals surface area (Å²) in [4.78, 5) is 43.9. The fourth-order valence-electron chi connectivity index (χ4n) is 1.76. The number of carbonyl (C=O) groups excluding carboxylic acids is 2. The number of nitro groups is 1. The number of carboxylic acid groups (broad SMARTS) is 1. The van der Waals surface area contributed by atoms with Crippen LogP contribution in [0, 0.1) is 10.1 Å². The molecule has 2 amide bonds. The number of primary amides is 1. The van der Waals surface area contributed by atoms with Crippen molar-refractivity contribution in [3.8, 4) is 5.75 Å². The number of benzene rings is 1. The molecule has 124 valence electrons. The molecule has 23 heavy (non-hydrogen) atoms. The van der Waals surface area contributed by atoms with Gasteiger partial charge in [-0.1, -0.05) is 0 Å². The monoisotopic (exact) mass is 325 g/mol. The van der Waals surface area contributed by atoms with E-state index in [0.717, 1.165) is 12.1 Å². The molecule has 0 spiro atoms. The van der Waals surface area contributed by atoms with Gasteiger partial charge in [-0.2, -0.15) is 0 Å². The molecule has 10 nitrogen and oxygen atoms in total. The molecule has 0 aliphatic rings. The maximum absolute atomic E-state index is 12.0. The lowest BCUT2D eigenvalue weighted by Crippen LogP contribution is -2.41. The molecule has 0 radical (unpaired) electrons. The van der Waals surface area contributed by atoms with Gasteiger partial charge in [-0.25, -0.2) is 4.79 Å². The number of hydrogen-bond donors (Lipinski definition) is 3. The Morgan fingerprint density at radius 1 is 1.43 bits per heavy atom. The minimum Gasteiger partial charge on any atom is -0.490 e. The molecule has 1 aromatic carbocycles. The molecule has 0 aliphatic heterocycles. The number of carbonyl (C=O) groups is 3. The standard InChI is InChI=1S/C13H15N3O7/c1-23-10-6-7(2-4-9(10)16(21)22)12(18)15-8(13(19)20)3-5-11(14)17/h2,4,6,8H,3,5H2,1H3,(H2,14,17)(H,15,18)(H,19,20). The lowest BCUT2D eigenvalue weighted by atomic mass is 10.1. The van der Waals surface area contributed by atoms with E-state index >= 15 is 0 Å². The number of methoxy groups -OCH3 is 1. The summed E-state index contributed by atoms with van der Waals surface area (Å²) in [5.41, 5.74) is 4.60. The molecule has 1 rings (SSSR count). The zero-order chi connectivity index (χ0) is 17.6. The summed E-state index contributed by atoms with van der Waals surface area (Å²) in [6.45, 7) is 0. The van der Waals surface area contributed by atoms with Gasteiger partial charge in [0.25, 0.3) is 5.91 Å². The molecule has 1 atom stereocenters. The predicted molar refractivity (Wildman–Crippen MR) is 77.0 cm³/mol. The van der Waals surface area contributed by atoms with Crippen molar-refractivity contribution >= 4 is 23.5 Å². The molecule has 0 aromatic heterocycles. The summed E-state index contributed by atoms with van der Waals surface area (Å²) >= 11 is 0. The molecular weight excluding hydrogens is 310 g/mol. The number of carboxylic acids is 1. The number of rotatable bonds is 8. The third-order valence-electron chi connectivity index (χ3n) is 2.92. The van der Waals surface area contributed by atoms with Gasteiger partial charge >= 0.3 is 11.7 Å². The van der Waals surface area contributed by atoms with Crippen LogP contribution in [0.15, 0.2) is 18.2 Å². The second kappa shape index (κ2) is 7.73. The summed E-state index contributed by atoms with van der Waals surface area (Å²) < 4.78 is 4.83. The van der Waals surface area contributed by atoms with Crippen molar-refractivity contribution in [2.24, 2.45) is 5.73 Å². The van der Waals surface area contributed by atoms with Gasteiger partial charge < -0.3 is 20.9 Å². The quantitative estimate of drug-likeness (QED) is 0.449. The number of hydrogen-bond acceptors (Lipinski definition) is 6. The molecule has 0 saturated carbocycles. The Hall–Kier alpha value is -3.17. The summed E-state index contributed by atoms with van der Waals surface area (Å²) in [5.74, 6) is -2.92. The molecule has 0 aliphatic carbocycles. The van der Waals surface area contributed by atoms with Gasteiger partial charge in [-0.05, 0) is 12.5 Å². The molecule has 0 heterocycles. The first kappa shape index (κ1) is 17.9. The van der Waals surface area contributed by atoms with Gasteiger partial charge in [0.05, 0.1) is 12.0 Å². The first-order chi connectivity index (χ1) is 10.8. The molecule has 1 aromatic rings. The largest absolute Gasteiger partial charge is 0.490 e. The average molecular weight is 325 g/mol. The highest BCUT2D eigenvalue weighted by molar-refractivity contribution is 5.97. The van der Waals surface area contributed by atoms with Gasteiger partial charge in [0.1, 0.15) is 6.04 Å². The minimum absolute atomic E-state index is 0.0159. The molecule has 4 N–H and O–H groups in total. The van der Waals surface area contributed by atoms with Crippen LogP contribution in [-0.2, 0) is 9.59 Å². The number of nitro benzene ring substituents is 1. The highest BCUT2D eigenvalue weighted by atomic mass is 16.6. The SMILES string of the molecule is COc1cc(C(=O)NC(CCC(N)=O)C(=O)O)ccc1[N+](=O)[O-].